The van der Waals surface area contributed by atoms with E-state index in [1.54, 1.807) is 6.07 Å². The van der Waals surface area contributed by atoms with Crippen LogP contribution in [0.2, 0.25) is 0 Å². The molecule has 0 atom stereocenters. The van der Waals surface area contributed by atoms with Gasteiger partial charge >= 0.3 is 0 Å². The van der Waals surface area contributed by atoms with Gasteiger partial charge in [0.15, 0.2) is 6.29 Å². The SMILES string of the molecule is Cc1nc(Sc2cc(Br)ccc2C=O)oc1C. The standard InChI is InChI=1S/C12H10BrNO2S/c1-7-8(2)16-12(14-7)17-11-5-10(13)4-3-9(11)6-15/h3-6H,1-2H3. The molecule has 0 unspecified atom stereocenters. The Morgan fingerprint density at radius 1 is 1.41 bits per heavy atom. The second-order valence-electron chi connectivity index (χ2n) is 3.52. The van der Waals surface area contributed by atoms with Crippen LogP contribution >= 0.6 is 27.7 Å². The predicted octanol–water partition coefficient (Wildman–Crippen LogP) is 4.02. The Morgan fingerprint density at radius 2 is 2.18 bits per heavy atom. The highest BCUT2D eigenvalue weighted by Crippen LogP contribution is 2.32. The fraction of sp³-hybridized carbons (Fsp3) is 0.167. The molecule has 0 fully saturated rings. The molecule has 0 aliphatic heterocycles. The molecule has 17 heavy (non-hydrogen) atoms. The Kier molecular flexibility index (Phi) is 3.69. The summed E-state index contributed by atoms with van der Waals surface area (Å²) in [6.07, 6.45) is 0.831. The van der Waals surface area contributed by atoms with E-state index in [1.165, 1.54) is 11.8 Å². The second kappa shape index (κ2) is 5.06. The number of aryl methyl sites for hydroxylation is 2. The van der Waals surface area contributed by atoms with Crippen molar-refractivity contribution in [1.82, 2.24) is 4.98 Å². The third kappa shape index (κ3) is 2.79. The van der Waals surface area contributed by atoms with E-state index < -0.39 is 0 Å². The number of hydrogen-bond donors (Lipinski definition) is 0. The van der Waals surface area contributed by atoms with E-state index >= 15 is 0 Å². The minimum atomic E-state index is 0.557. The maximum atomic E-state index is 10.9. The lowest BCUT2D eigenvalue weighted by Gasteiger charge is -2.01. The highest BCUT2D eigenvalue weighted by atomic mass is 79.9. The van der Waals surface area contributed by atoms with Crippen LogP contribution in [-0.2, 0) is 0 Å². The molecule has 0 saturated heterocycles. The average molecular weight is 312 g/mol. The van der Waals surface area contributed by atoms with Gasteiger partial charge in [-0.3, -0.25) is 4.79 Å². The predicted molar refractivity (Wildman–Crippen MR) is 69.6 cm³/mol. The first-order valence-corrected chi connectivity index (χ1v) is 6.57. The van der Waals surface area contributed by atoms with Crippen molar-refractivity contribution in [2.24, 2.45) is 0 Å². The summed E-state index contributed by atoms with van der Waals surface area (Å²) in [7, 11) is 0. The van der Waals surface area contributed by atoms with E-state index in [0.717, 1.165) is 27.1 Å². The largest absolute Gasteiger partial charge is 0.436 e. The number of carbonyl (C=O) groups is 1. The van der Waals surface area contributed by atoms with Gasteiger partial charge in [-0.1, -0.05) is 15.9 Å². The smallest absolute Gasteiger partial charge is 0.261 e. The van der Waals surface area contributed by atoms with Gasteiger partial charge in [-0.15, -0.1) is 0 Å². The summed E-state index contributed by atoms with van der Waals surface area (Å²) in [5.74, 6) is 0.801. The molecule has 0 bridgehead atoms. The summed E-state index contributed by atoms with van der Waals surface area (Å²) in [5, 5.41) is 0.557. The molecule has 0 N–H and O–H groups in total. The molecule has 1 heterocycles. The summed E-state index contributed by atoms with van der Waals surface area (Å²) in [6.45, 7) is 3.76. The van der Waals surface area contributed by atoms with E-state index in [4.69, 9.17) is 4.42 Å². The molecule has 0 aliphatic rings. The number of rotatable bonds is 3. The fourth-order valence-electron chi connectivity index (χ4n) is 1.27. The van der Waals surface area contributed by atoms with Gasteiger partial charge in [-0.25, -0.2) is 4.98 Å². The lowest BCUT2D eigenvalue weighted by molar-refractivity contribution is 0.112. The Morgan fingerprint density at radius 3 is 2.76 bits per heavy atom. The number of hydrogen-bond acceptors (Lipinski definition) is 4. The Bertz CT molecular complexity index is 546. The van der Waals surface area contributed by atoms with E-state index in [9.17, 15) is 4.79 Å². The van der Waals surface area contributed by atoms with Crippen LogP contribution in [-0.4, -0.2) is 11.3 Å². The molecule has 5 heteroatoms. The summed E-state index contributed by atoms with van der Waals surface area (Å²) in [4.78, 5) is 16.0. The van der Waals surface area contributed by atoms with Crippen LogP contribution < -0.4 is 0 Å². The van der Waals surface area contributed by atoms with Crippen LogP contribution in [0.3, 0.4) is 0 Å². The van der Waals surface area contributed by atoms with Crippen LogP contribution in [0.5, 0.6) is 0 Å². The average Bonchev–Trinajstić information content (AvgIpc) is 2.58. The summed E-state index contributed by atoms with van der Waals surface area (Å²) >= 11 is 4.73. The zero-order valence-corrected chi connectivity index (χ0v) is 11.8. The molecule has 1 aromatic carbocycles. The number of aldehydes is 1. The number of oxazole rings is 1. The van der Waals surface area contributed by atoms with Gasteiger partial charge in [0.1, 0.15) is 5.76 Å². The van der Waals surface area contributed by atoms with E-state index in [1.807, 2.05) is 26.0 Å². The van der Waals surface area contributed by atoms with Gasteiger partial charge < -0.3 is 4.42 Å². The topological polar surface area (TPSA) is 43.1 Å². The van der Waals surface area contributed by atoms with Gasteiger partial charge in [0, 0.05) is 14.9 Å². The van der Waals surface area contributed by atoms with Crippen LogP contribution in [0.15, 0.2) is 37.2 Å². The minimum Gasteiger partial charge on any atom is -0.436 e. The zero-order valence-electron chi connectivity index (χ0n) is 9.36. The first kappa shape index (κ1) is 12.4. The highest BCUT2D eigenvalue weighted by Gasteiger charge is 2.10. The van der Waals surface area contributed by atoms with Crippen molar-refractivity contribution >= 4 is 34.0 Å². The third-order valence-electron chi connectivity index (χ3n) is 2.31. The van der Waals surface area contributed by atoms with E-state index in [-0.39, 0.29) is 0 Å². The molecule has 88 valence electrons. The molecule has 0 amide bonds. The lowest BCUT2D eigenvalue weighted by atomic mass is 10.2. The van der Waals surface area contributed by atoms with Crippen molar-refractivity contribution in [3.63, 3.8) is 0 Å². The molecule has 0 saturated carbocycles. The molecule has 1 aromatic heterocycles. The molecular weight excluding hydrogens is 302 g/mol. The van der Waals surface area contributed by atoms with Crippen molar-refractivity contribution in [3.8, 4) is 0 Å². The molecule has 0 aliphatic carbocycles. The van der Waals surface area contributed by atoms with Crippen LogP contribution in [0.1, 0.15) is 21.8 Å². The number of halogens is 1. The number of nitrogens with zero attached hydrogens (tertiary/aromatic N) is 1. The Balaban J connectivity index is 2.34. The van der Waals surface area contributed by atoms with E-state index in [2.05, 4.69) is 20.9 Å². The number of aromatic nitrogens is 1. The molecular formula is C12H10BrNO2S. The van der Waals surface area contributed by atoms with Gasteiger partial charge in [-0.2, -0.15) is 0 Å². The Hall–Kier alpha value is -1.07. The van der Waals surface area contributed by atoms with Crippen molar-refractivity contribution in [2.45, 2.75) is 24.0 Å². The quantitative estimate of drug-likeness (QED) is 0.803. The van der Waals surface area contributed by atoms with E-state index in [0.29, 0.717) is 10.8 Å². The minimum absolute atomic E-state index is 0.557. The molecule has 2 aromatic rings. The van der Waals surface area contributed by atoms with Crippen molar-refractivity contribution in [3.05, 3.63) is 39.7 Å². The Labute approximate surface area is 112 Å². The van der Waals surface area contributed by atoms with Gasteiger partial charge in [0.25, 0.3) is 5.22 Å². The van der Waals surface area contributed by atoms with Gasteiger partial charge in [-0.05, 0) is 43.8 Å². The summed E-state index contributed by atoms with van der Waals surface area (Å²) < 4.78 is 6.40. The van der Waals surface area contributed by atoms with Crippen LogP contribution in [0.4, 0.5) is 0 Å². The van der Waals surface area contributed by atoms with Crippen LogP contribution in [0.25, 0.3) is 0 Å². The third-order valence-corrected chi connectivity index (χ3v) is 3.72. The van der Waals surface area contributed by atoms with Crippen molar-refractivity contribution in [2.75, 3.05) is 0 Å². The maximum Gasteiger partial charge on any atom is 0.261 e. The van der Waals surface area contributed by atoms with Gasteiger partial charge in [0.05, 0.1) is 5.69 Å². The fourth-order valence-corrected chi connectivity index (χ4v) is 2.74. The normalized spacial score (nSPS) is 10.5. The molecule has 0 spiro atoms. The first-order valence-electron chi connectivity index (χ1n) is 4.97. The number of benzene rings is 1. The van der Waals surface area contributed by atoms with Crippen molar-refractivity contribution < 1.29 is 9.21 Å². The number of carbonyl (C=O) groups excluding carboxylic acids is 1. The zero-order chi connectivity index (χ0) is 12.4. The second-order valence-corrected chi connectivity index (χ2v) is 5.43. The van der Waals surface area contributed by atoms with Gasteiger partial charge in [0.2, 0.25) is 0 Å². The maximum absolute atomic E-state index is 10.9. The molecule has 0 radical (unpaired) electrons. The summed E-state index contributed by atoms with van der Waals surface area (Å²) in [5.41, 5.74) is 1.50. The molecule has 3 nitrogen and oxygen atoms in total. The monoisotopic (exact) mass is 311 g/mol. The highest BCUT2D eigenvalue weighted by molar-refractivity contribution is 9.10. The lowest BCUT2D eigenvalue weighted by Crippen LogP contribution is -1.85. The summed E-state index contributed by atoms with van der Waals surface area (Å²) in [6, 6.07) is 5.48. The first-order chi connectivity index (χ1) is 8.10. The van der Waals surface area contributed by atoms with Crippen LogP contribution in [0, 0.1) is 13.8 Å². The van der Waals surface area contributed by atoms with Crippen molar-refractivity contribution in [1.29, 1.82) is 0 Å². The molecule has 2 rings (SSSR count).